The first-order valence-electron chi connectivity index (χ1n) is 13.6. The van der Waals surface area contributed by atoms with E-state index in [1.165, 1.54) is 10.5 Å². The first-order valence-corrected chi connectivity index (χ1v) is 14.5. The maximum Gasteiger partial charge on any atom is 0.322 e. The Morgan fingerprint density at radius 3 is 2.30 bits per heavy atom. The van der Waals surface area contributed by atoms with Crippen molar-refractivity contribution in [2.45, 2.75) is 37.5 Å². The first-order chi connectivity index (χ1) is 19.2. The number of nitrogens with zero attached hydrogens (tertiary/aromatic N) is 3. The Balaban J connectivity index is 1.52. The number of halogens is 1. The van der Waals surface area contributed by atoms with Gasteiger partial charge in [0.25, 0.3) is 5.91 Å². The summed E-state index contributed by atoms with van der Waals surface area (Å²) in [6.45, 7) is 5.60. The van der Waals surface area contributed by atoms with Gasteiger partial charge in [-0.3, -0.25) is 19.3 Å². The monoisotopic (exact) mass is 590 g/mol. The average molecular weight is 591 g/mol. The Bertz CT molecular complexity index is 1110. The molecule has 1 heterocycles. The van der Waals surface area contributed by atoms with Crippen LogP contribution in [0.5, 0.6) is 0 Å². The number of piperazine rings is 1. The van der Waals surface area contributed by atoms with Gasteiger partial charge in [-0.2, -0.15) is 12.6 Å². The second kappa shape index (κ2) is 16.0. The molecule has 1 aliphatic heterocycles. The normalized spacial score (nSPS) is 15.4. The van der Waals surface area contributed by atoms with Crippen LogP contribution in [0.1, 0.15) is 35.7 Å². The number of nitrogens with two attached hydrogens (primary N) is 1. The molecule has 0 aliphatic carbocycles. The summed E-state index contributed by atoms with van der Waals surface area (Å²) in [6.07, 6.45) is 1.45. The van der Waals surface area contributed by atoms with Crippen LogP contribution in [0.2, 0.25) is 5.02 Å². The maximum atomic E-state index is 13.1. The number of rotatable bonds is 13. The zero-order chi connectivity index (χ0) is 29.1. The Morgan fingerprint density at radius 2 is 1.70 bits per heavy atom. The molecule has 3 rings (SSSR count). The highest BCUT2D eigenvalue weighted by molar-refractivity contribution is 7.81. The van der Waals surface area contributed by atoms with Crippen molar-refractivity contribution in [3.8, 4) is 0 Å². The van der Waals surface area contributed by atoms with Gasteiger partial charge in [0.15, 0.2) is 0 Å². The SMILES string of the molecule is CCOC(=O)C(N)CCC(S)C(=O)N(CCO)c1ccc(C(=O)N2CCN(CCc3ccc(Cl)cc3)CC2)cc1. The Morgan fingerprint density at radius 1 is 1.05 bits per heavy atom. The zero-order valence-electron chi connectivity index (χ0n) is 22.9. The van der Waals surface area contributed by atoms with Crippen LogP contribution in [-0.2, 0) is 20.7 Å². The van der Waals surface area contributed by atoms with Crippen molar-refractivity contribution in [3.63, 3.8) is 0 Å². The van der Waals surface area contributed by atoms with Gasteiger partial charge in [-0.25, -0.2) is 0 Å². The lowest BCUT2D eigenvalue weighted by molar-refractivity contribution is -0.144. The molecule has 9 nitrogen and oxygen atoms in total. The number of esters is 1. The molecule has 1 aliphatic rings. The predicted molar refractivity (Wildman–Crippen MR) is 160 cm³/mol. The van der Waals surface area contributed by atoms with Crippen molar-refractivity contribution in [3.05, 3.63) is 64.7 Å². The van der Waals surface area contributed by atoms with Crippen LogP contribution in [0.4, 0.5) is 5.69 Å². The molecule has 2 unspecified atom stereocenters. The van der Waals surface area contributed by atoms with E-state index in [1.54, 1.807) is 31.2 Å². The summed E-state index contributed by atoms with van der Waals surface area (Å²) >= 11 is 10.4. The van der Waals surface area contributed by atoms with E-state index in [-0.39, 0.29) is 44.4 Å². The van der Waals surface area contributed by atoms with Crippen molar-refractivity contribution in [2.75, 3.05) is 57.4 Å². The van der Waals surface area contributed by atoms with Crippen LogP contribution in [0, 0.1) is 0 Å². The molecule has 2 amide bonds. The number of anilines is 1. The number of carbonyl (C=O) groups excluding carboxylic acids is 3. The zero-order valence-corrected chi connectivity index (χ0v) is 24.5. The number of amides is 2. The van der Waals surface area contributed by atoms with Gasteiger partial charge in [-0.15, -0.1) is 0 Å². The molecule has 40 heavy (non-hydrogen) atoms. The lowest BCUT2D eigenvalue weighted by Gasteiger charge is -2.35. The fourth-order valence-corrected chi connectivity index (χ4v) is 4.97. The van der Waals surface area contributed by atoms with Crippen molar-refractivity contribution in [1.82, 2.24) is 9.80 Å². The molecule has 2 aromatic rings. The van der Waals surface area contributed by atoms with Gasteiger partial charge in [0.05, 0.1) is 18.5 Å². The first kappa shape index (κ1) is 31.9. The largest absolute Gasteiger partial charge is 0.465 e. The van der Waals surface area contributed by atoms with E-state index in [4.69, 9.17) is 22.1 Å². The minimum Gasteiger partial charge on any atom is -0.465 e. The van der Waals surface area contributed by atoms with E-state index in [2.05, 4.69) is 17.5 Å². The highest BCUT2D eigenvalue weighted by atomic mass is 35.5. The number of ether oxygens (including phenoxy) is 1. The lowest BCUT2D eigenvalue weighted by Crippen LogP contribution is -2.49. The number of thiol groups is 1. The van der Waals surface area contributed by atoms with Crippen LogP contribution >= 0.6 is 24.2 Å². The van der Waals surface area contributed by atoms with Gasteiger partial charge in [-0.1, -0.05) is 23.7 Å². The van der Waals surface area contributed by atoms with Gasteiger partial charge in [0.2, 0.25) is 5.91 Å². The summed E-state index contributed by atoms with van der Waals surface area (Å²) < 4.78 is 4.91. The van der Waals surface area contributed by atoms with Gasteiger partial charge in [0, 0.05) is 55.5 Å². The second-order valence-corrected chi connectivity index (χ2v) is 10.8. The van der Waals surface area contributed by atoms with Crippen LogP contribution in [0.25, 0.3) is 0 Å². The minimum absolute atomic E-state index is 0.0519. The van der Waals surface area contributed by atoms with Gasteiger partial charge < -0.3 is 25.4 Å². The highest BCUT2D eigenvalue weighted by Crippen LogP contribution is 2.21. The predicted octanol–water partition coefficient (Wildman–Crippen LogP) is 2.63. The molecule has 3 N–H and O–H groups in total. The molecular formula is C29H39ClN4O5S. The molecule has 1 fully saturated rings. The average Bonchev–Trinajstić information content (AvgIpc) is 2.98. The van der Waals surface area contributed by atoms with Gasteiger partial charge >= 0.3 is 5.97 Å². The molecule has 2 atom stereocenters. The molecule has 2 aromatic carbocycles. The number of benzene rings is 2. The van der Waals surface area contributed by atoms with E-state index < -0.39 is 17.3 Å². The number of carbonyl (C=O) groups is 3. The second-order valence-electron chi connectivity index (χ2n) is 9.72. The number of aliphatic hydroxyl groups excluding tert-OH is 1. The molecule has 218 valence electrons. The van der Waals surface area contributed by atoms with Crippen LogP contribution in [-0.4, -0.2) is 96.5 Å². The van der Waals surface area contributed by atoms with E-state index >= 15 is 0 Å². The summed E-state index contributed by atoms with van der Waals surface area (Å²) in [7, 11) is 0. The van der Waals surface area contributed by atoms with Crippen LogP contribution in [0.3, 0.4) is 0 Å². The molecule has 0 aromatic heterocycles. The maximum absolute atomic E-state index is 13.1. The molecule has 0 radical (unpaired) electrons. The van der Waals surface area contributed by atoms with E-state index in [0.717, 1.165) is 31.1 Å². The summed E-state index contributed by atoms with van der Waals surface area (Å²) in [6, 6.07) is 13.9. The summed E-state index contributed by atoms with van der Waals surface area (Å²) in [5.74, 6) is -0.881. The van der Waals surface area contributed by atoms with Gasteiger partial charge in [0.1, 0.15) is 6.04 Å². The number of hydrogen-bond donors (Lipinski definition) is 3. The quantitative estimate of drug-likeness (QED) is 0.243. The van der Waals surface area contributed by atoms with Crippen molar-refractivity contribution >= 4 is 47.7 Å². The third-order valence-electron chi connectivity index (χ3n) is 6.93. The summed E-state index contributed by atoms with van der Waals surface area (Å²) in [4.78, 5) is 43.6. The standard InChI is InChI=1S/C29H39ClN4O5S/c1-2-39-29(38)25(31)11-12-26(40)28(37)34(19-20-35)24-9-5-22(6-10-24)27(36)33-17-15-32(16-18-33)14-13-21-3-7-23(30)8-4-21/h3-10,25-26,35,40H,2,11-20,31H2,1H3. The fourth-order valence-electron chi connectivity index (χ4n) is 4.55. The molecule has 11 heteroatoms. The Hall–Kier alpha value is -2.63. The molecule has 0 saturated carbocycles. The van der Waals surface area contributed by atoms with Crippen molar-refractivity contribution in [2.24, 2.45) is 5.73 Å². The Kier molecular flexibility index (Phi) is 12.7. The smallest absolute Gasteiger partial charge is 0.322 e. The topological polar surface area (TPSA) is 116 Å². The fraction of sp³-hybridized carbons (Fsp3) is 0.483. The van der Waals surface area contributed by atoms with Crippen molar-refractivity contribution < 1.29 is 24.2 Å². The Labute approximate surface area is 246 Å². The molecule has 0 bridgehead atoms. The molecule has 1 saturated heterocycles. The van der Waals surface area contributed by atoms with E-state index in [9.17, 15) is 19.5 Å². The highest BCUT2D eigenvalue weighted by Gasteiger charge is 2.26. The lowest BCUT2D eigenvalue weighted by atomic mass is 10.1. The summed E-state index contributed by atoms with van der Waals surface area (Å²) in [5.41, 5.74) is 8.17. The molecular weight excluding hydrogens is 552 g/mol. The van der Waals surface area contributed by atoms with E-state index in [0.29, 0.717) is 24.3 Å². The van der Waals surface area contributed by atoms with Gasteiger partial charge in [-0.05, 0) is 68.1 Å². The number of hydrogen-bond acceptors (Lipinski definition) is 8. The summed E-state index contributed by atoms with van der Waals surface area (Å²) in [5, 5.41) is 9.57. The third-order valence-corrected chi connectivity index (χ3v) is 7.66. The van der Waals surface area contributed by atoms with Crippen LogP contribution < -0.4 is 10.6 Å². The minimum atomic E-state index is -0.829. The van der Waals surface area contributed by atoms with Crippen LogP contribution in [0.15, 0.2) is 48.5 Å². The third kappa shape index (κ3) is 9.21. The van der Waals surface area contributed by atoms with Crippen molar-refractivity contribution in [1.29, 1.82) is 0 Å². The van der Waals surface area contributed by atoms with E-state index in [1.807, 2.05) is 29.2 Å². The molecule has 0 spiro atoms. The number of aliphatic hydroxyl groups is 1.